The molecule has 0 fully saturated rings. The molecule has 0 aliphatic heterocycles. The number of nitrogens with one attached hydrogen (secondary N) is 1. The largest absolute Gasteiger partial charge is 0.325 e. The lowest BCUT2D eigenvalue weighted by molar-refractivity contribution is -0.113. The predicted molar refractivity (Wildman–Crippen MR) is 119 cm³/mol. The van der Waals surface area contributed by atoms with Crippen molar-refractivity contribution in [1.82, 2.24) is 19.6 Å². The molecule has 0 atom stereocenters. The number of nitrogens with zero attached hydrogens (tertiary/aromatic N) is 4. The number of ketones is 2. The maximum Gasteiger partial charge on any atom is 0.234 e. The maximum atomic E-state index is 13.1. The highest BCUT2D eigenvalue weighted by Crippen LogP contribution is 2.32. The first-order chi connectivity index (χ1) is 15.4. The highest BCUT2D eigenvalue weighted by atomic mass is 32.2. The number of aromatic nitrogens is 4. The van der Waals surface area contributed by atoms with Crippen LogP contribution in [0.5, 0.6) is 0 Å². The highest BCUT2D eigenvalue weighted by molar-refractivity contribution is 7.99. The second-order valence-electron chi connectivity index (χ2n) is 7.39. The summed E-state index contributed by atoms with van der Waals surface area (Å²) in [5, 5.41) is 11.6. The van der Waals surface area contributed by atoms with E-state index in [0.717, 1.165) is 11.5 Å². The van der Waals surface area contributed by atoms with Crippen LogP contribution in [0.4, 0.5) is 5.69 Å². The van der Waals surface area contributed by atoms with E-state index in [2.05, 4.69) is 20.5 Å². The summed E-state index contributed by atoms with van der Waals surface area (Å²) in [6, 6.07) is 13.4. The second-order valence-corrected chi connectivity index (χ2v) is 8.33. The molecule has 8 nitrogen and oxygen atoms in total. The summed E-state index contributed by atoms with van der Waals surface area (Å²) >= 11 is 1.22. The molecule has 4 aromatic rings. The first kappa shape index (κ1) is 20.1. The van der Waals surface area contributed by atoms with Gasteiger partial charge in [0.05, 0.1) is 17.0 Å². The van der Waals surface area contributed by atoms with Crippen LogP contribution < -0.4 is 5.32 Å². The number of aryl methyl sites for hydroxylation is 2. The van der Waals surface area contributed by atoms with E-state index in [1.807, 2.05) is 19.9 Å². The standard InChI is InChI=1S/C23H17N5O3S/c1-12-10-18-26-27-23(28(18)13(2)24-12)32-11-19(29)25-17-9-5-8-16-20(17)22(31)15-7-4-3-6-14(15)21(16)30/h3-10H,11H2,1-2H3,(H,25,29). The number of hydrogen-bond acceptors (Lipinski definition) is 7. The summed E-state index contributed by atoms with van der Waals surface area (Å²) in [6.45, 7) is 3.73. The van der Waals surface area contributed by atoms with E-state index < -0.39 is 0 Å². The zero-order valence-corrected chi connectivity index (χ0v) is 18.1. The number of hydrogen-bond donors (Lipinski definition) is 1. The van der Waals surface area contributed by atoms with Gasteiger partial charge in [0.1, 0.15) is 5.82 Å². The number of anilines is 1. The number of rotatable bonds is 4. The Morgan fingerprint density at radius 2 is 1.69 bits per heavy atom. The number of benzene rings is 2. The van der Waals surface area contributed by atoms with Crippen molar-refractivity contribution in [1.29, 1.82) is 0 Å². The number of thioether (sulfide) groups is 1. The summed E-state index contributed by atoms with van der Waals surface area (Å²) in [5.74, 6) is -0.0470. The molecule has 2 aromatic carbocycles. The number of fused-ring (bicyclic) bond motifs is 3. The van der Waals surface area contributed by atoms with Gasteiger partial charge < -0.3 is 5.32 Å². The van der Waals surface area contributed by atoms with Gasteiger partial charge in [-0.1, -0.05) is 48.2 Å². The predicted octanol–water partition coefficient (Wildman–Crippen LogP) is 3.25. The molecular weight excluding hydrogens is 426 g/mol. The lowest BCUT2D eigenvalue weighted by Gasteiger charge is -2.20. The van der Waals surface area contributed by atoms with Gasteiger partial charge >= 0.3 is 0 Å². The molecule has 1 aliphatic carbocycles. The van der Waals surface area contributed by atoms with Gasteiger partial charge in [0.2, 0.25) is 5.91 Å². The van der Waals surface area contributed by atoms with Crippen LogP contribution in [0.1, 0.15) is 43.4 Å². The minimum absolute atomic E-state index is 0.0521. The third-order valence-corrected chi connectivity index (χ3v) is 6.15. The fraction of sp³-hybridized carbons (Fsp3) is 0.130. The molecule has 0 bridgehead atoms. The van der Waals surface area contributed by atoms with E-state index in [9.17, 15) is 14.4 Å². The fourth-order valence-electron chi connectivity index (χ4n) is 3.86. The smallest absolute Gasteiger partial charge is 0.234 e. The Kier molecular flexibility index (Phi) is 4.82. The fourth-order valence-corrected chi connectivity index (χ4v) is 4.65. The van der Waals surface area contributed by atoms with E-state index in [4.69, 9.17) is 0 Å². The van der Waals surface area contributed by atoms with Crippen LogP contribution in [0.2, 0.25) is 0 Å². The lowest BCUT2D eigenvalue weighted by atomic mass is 9.83. The van der Waals surface area contributed by atoms with Gasteiger partial charge in [-0.05, 0) is 19.9 Å². The van der Waals surface area contributed by atoms with Crippen LogP contribution in [-0.4, -0.2) is 42.8 Å². The summed E-state index contributed by atoms with van der Waals surface area (Å²) in [6.07, 6.45) is 0. The Balaban J connectivity index is 1.39. The van der Waals surface area contributed by atoms with E-state index in [1.165, 1.54) is 11.8 Å². The molecule has 158 valence electrons. The van der Waals surface area contributed by atoms with E-state index in [1.54, 1.807) is 46.9 Å². The van der Waals surface area contributed by atoms with Gasteiger partial charge in [-0.3, -0.25) is 18.8 Å². The van der Waals surface area contributed by atoms with Crippen LogP contribution in [0.3, 0.4) is 0 Å². The Morgan fingerprint density at radius 1 is 0.969 bits per heavy atom. The number of amides is 1. The van der Waals surface area contributed by atoms with Gasteiger partial charge in [0, 0.05) is 28.5 Å². The van der Waals surface area contributed by atoms with Gasteiger partial charge in [0.25, 0.3) is 0 Å². The zero-order valence-electron chi connectivity index (χ0n) is 17.2. The van der Waals surface area contributed by atoms with Gasteiger partial charge in [-0.2, -0.15) is 0 Å². The Labute approximate surface area is 187 Å². The van der Waals surface area contributed by atoms with E-state index in [0.29, 0.717) is 33.2 Å². The molecule has 0 spiro atoms. The van der Waals surface area contributed by atoms with Crippen LogP contribution in [0.25, 0.3) is 5.65 Å². The molecule has 0 unspecified atom stereocenters. The third-order valence-electron chi connectivity index (χ3n) is 5.22. The van der Waals surface area contributed by atoms with Crippen molar-refractivity contribution in [2.24, 2.45) is 0 Å². The SMILES string of the molecule is Cc1cc2nnc(SCC(=O)Nc3cccc4c3C(=O)c3ccccc3C4=O)n2c(C)n1. The van der Waals surface area contributed by atoms with Crippen LogP contribution in [0, 0.1) is 13.8 Å². The van der Waals surface area contributed by atoms with Gasteiger partial charge in [0.15, 0.2) is 22.4 Å². The summed E-state index contributed by atoms with van der Waals surface area (Å²) in [7, 11) is 0. The second kappa shape index (κ2) is 7.69. The minimum atomic E-state index is -0.322. The van der Waals surface area contributed by atoms with Crippen molar-refractivity contribution in [3.05, 3.63) is 82.3 Å². The van der Waals surface area contributed by atoms with Crippen LogP contribution in [-0.2, 0) is 4.79 Å². The number of carbonyl (C=O) groups is 3. The molecule has 1 N–H and O–H groups in total. The Morgan fingerprint density at radius 3 is 2.47 bits per heavy atom. The molecule has 0 radical (unpaired) electrons. The molecule has 32 heavy (non-hydrogen) atoms. The molecule has 2 heterocycles. The molecule has 0 saturated heterocycles. The van der Waals surface area contributed by atoms with Crippen LogP contribution in [0.15, 0.2) is 53.7 Å². The first-order valence-electron chi connectivity index (χ1n) is 9.87. The van der Waals surface area contributed by atoms with E-state index >= 15 is 0 Å². The van der Waals surface area contributed by atoms with Crippen molar-refractivity contribution >= 4 is 40.6 Å². The van der Waals surface area contributed by atoms with Crippen molar-refractivity contribution < 1.29 is 14.4 Å². The molecule has 9 heteroatoms. The Hall–Kier alpha value is -3.85. The lowest BCUT2D eigenvalue weighted by Crippen LogP contribution is -2.24. The highest BCUT2D eigenvalue weighted by Gasteiger charge is 2.31. The summed E-state index contributed by atoms with van der Waals surface area (Å²) in [4.78, 5) is 43.0. The molecule has 0 saturated carbocycles. The van der Waals surface area contributed by atoms with Crippen molar-refractivity contribution in [2.45, 2.75) is 19.0 Å². The molecule has 1 aliphatic rings. The average molecular weight is 443 g/mol. The molecule has 1 amide bonds. The molecule has 2 aromatic heterocycles. The quantitative estimate of drug-likeness (QED) is 0.425. The summed E-state index contributed by atoms with van der Waals surface area (Å²) in [5.41, 5.74) is 3.05. The zero-order chi connectivity index (χ0) is 22.4. The van der Waals surface area contributed by atoms with Crippen molar-refractivity contribution in [3.8, 4) is 0 Å². The van der Waals surface area contributed by atoms with Crippen molar-refractivity contribution in [2.75, 3.05) is 11.1 Å². The first-order valence-corrected chi connectivity index (χ1v) is 10.9. The average Bonchev–Trinajstić information content (AvgIpc) is 3.19. The Bertz CT molecular complexity index is 1440. The van der Waals surface area contributed by atoms with Gasteiger partial charge in [-0.25, -0.2) is 4.98 Å². The van der Waals surface area contributed by atoms with Gasteiger partial charge in [-0.15, -0.1) is 10.2 Å². The van der Waals surface area contributed by atoms with Crippen molar-refractivity contribution in [3.63, 3.8) is 0 Å². The summed E-state index contributed by atoms with van der Waals surface area (Å²) < 4.78 is 1.79. The van der Waals surface area contributed by atoms with Crippen LogP contribution >= 0.6 is 11.8 Å². The third kappa shape index (κ3) is 3.27. The normalized spacial score (nSPS) is 12.6. The molecule has 5 rings (SSSR count). The molecular formula is C23H17N5O3S. The van der Waals surface area contributed by atoms with E-state index in [-0.39, 0.29) is 28.8 Å². The minimum Gasteiger partial charge on any atom is -0.325 e. The number of carbonyl (C=O) groups excluding carboxylic acids is 3. The maximum absolute atomic E-state index is 13.1. The monoisotopic (exact) mass is 443 g/mol. The topological polar surface area (TPSA) is 106 Å².